The summed E-state index contributed by atoms with van der Waals surface area (Å²) in [6.45, 7) is 0. The fourth-order valence-electron chi connectivity index (χ4n) is 3.32. The monoisotopic (exact) mass is 470 g/mol. The Bertz CT molecular complexity index is 1510. The van der Waals surface area contributed by atoms with Gasteiger partial charge in [0.25, 0.3) is 5.91 Å². The lowest BCUT2D eigenvalue weighted by Crippen LogP contribution is -2.12. The molecule has 6 nitrogen and oxygen atoms in total. The van der Waals surface area contributed by atoms with Crippen molar-refractivity contribution in [2.45, 2.75) is 0 Å². The number of carbonyl (C=O) groups excluding carboxylic acids is 1. The van der Waals surface area contributed by atoms with Crippen LogP contribution in [-0.4, -0.2) is 20.9 Å². The lowest BCUT2D eigenvalue weighted by atomic mass is 10.2. The molecule has 0 saturated heterocycles. The third-order valence-electron chi connectivity index (χ3n) is 4.98. The minimum Gasteiger partial charge on any atom is -0.457 e. The van der Waals surface area contributed by atoms with E-state index in [2.05, 4.69) is 20.3 Å². The standard InChI is InChI=1S/C26H16ClFN4O2/c27-21-8-6-16(11-22(21)28)26(33)31-18-4-1-5-19(12-18)34-20-7-9-23-24(13-20)32-25(15-30-23)17-3-2-10-29-14-17/h1-15H,(H,31,33). The van der Waals surface area contributed by atoms with Gasteiger partial charge in [-0.15, -0.1) is 0 Å². The van der Waals surface area contributed by atoms with E-state index in [0.29, 0.717) is 28.4 Å². The average Bonchev–Trinajstić information content (AvgIpc) is 2.86. The quantitative estimate of drug-likeness (QED) is 0.316. The van der Waals surface area contributed by atoms with Gasteiger partial charge >= 0.3 is 0 Å². The highest BCUT2D eigenvalue weighted by Crippen LogP contribution is 2.28. The van der Waals surface area contributed by atoms with Crippen molar-refractivity contribution >= 4 is 34.2 Å². The van der Waals surface area contributed by atoms with Gasteiger partial charge in [0.2, 0.25) is 0 Å². The number of amides is 1. The van der Waals surface area contributed by atoms with Crippen molar-refractivity contribution in [3.63, 3.8) is 0 Å². The maximum Gasteiger partial charge on any atom is 0.255 e. The molecule has 0 fully saturated rings. The molecule has 8 heteroatoms. The molecule has 166 valence electrons. The highest BCUT2D eigenvalue weighted by molar-refractivity contribution is 6.30. The number of aromatic nitrogens is 3. The van der Waals surface area contributed by atoms with E-state index in [0.717, 1.165) is 17.1 Å². The number of hydrogen-bond donors (Lipinski definition) is 1. The molecule has 1 amide bonds. The van der Waals surface area contributed by atoms with Crippen LogP contribution in [0.25, 0.3) is 22.3 Å². The van der Waals surface area contributed by atoms with Gasteiger partial charge in [0, 0.05) is 41.3 Å². The van der Waals surface area contributed by atoms with Gasteiger partial charge in [0.1, 0.15) is 17.3 Å². The zero-order valence-corrected chi connectivity index (χ0v) is 18.3. The van der Waals surface area contributed by atoms with E-state index < -0.39 is 11.7 Å². The van der Waals surface area contributed by atoms with E-state index in [-0.39, 0.29) is 10.6 Å². The van der Waals surface area contributed by atoms with Gasteiger partial charge in [-0.2, -0.15) is 0 Å². The van der Waals surface area contributed by atoms with Crippen LogP contribution < -0.4 is 10.1 Å². The Morgan fingerprint density at radius 1 is 0.912 bits per heavy atom. The Hall–Kier alpha value is -4.36. The molecule has 3 aromatic carbocycles. The number of nitrogens with zero attached hydrogens (tertiary/aromatic N) is 3. The van der Waals surface area contributed by atoms with Crippen molar-refractivity contribution < 1.29 is 13.9 Å². The average molecular weight is 471 g/mol. The van der Waals surface area contributed by atoms with E-state index in [1.807, 2.05) is 18.2 Å². The van der Waals surface area contributed by atoms with Crippen molar-refractivity contribution in [3.05, 3.63) is 108 Å². The van der Waals surface area contributed by atoms with Crippen LogP contribution in [0.4, 0.5) is 10.1 Å². The summed E-state index contributed by atoms with van der Waals surface area (Å²) in [4.78, 5) is 25.7. The van der Waals surface area contributed by atoms with Gasteiger partial charge in [-0.25, -0.2) is 9.37 Å². The van der Waals surface area contributed by atoms with Crippen LogP contribution in [0.2, 0.25) is 5.02 Å². The molecule has 0 radical (unpaired) electrons. The van der Waals surface area contributed by atoms with Gasteiger partial charge in [0.15, 0.2) is 0 Å². The van der Waals surface area contributed by atoms with E-state index in [1.54, 1.807) is 55.0 Å². The second kappa shape index (κ2) is 9.25. The van der Waals surface area contributed by atoms with Gasteiger partial charge < -0.3 is 10.1 Å². The lowest BCUT2D eigenvalue weighted by Gasteiger charge is -2.10. The first kappa shape index (κ1) is 21.5. The molecule has 0 bridgehead atoms. The SMILES string of the molecule is O=C(Nc1cccc(Oc2ccc3ncc(-c4cccnc4)nc3c2)c1)c1ccc(Cl)c(F)c1. The smallest absolute Gasteiger partial charge is 0.255 e. The summed E-state index contributed by atoms with van der Waals surface area (Å²) in [5.74, 6) is -0.0432. The fourth-order valence-corrected chi connectivity index (χ4v) is 3.44. The third-order valence-corrected chi connectivity index (χ3v) is 5.29. The maximum atomic E-state index is 13.7. The summed E-state index contributed by atoms with van der Waals surface area (Å²) in [7, 11) is 0. The fraction of sp³-hybridized carbons (Fsp3) is 0. The second-order valence-electron chi connectivity index (χ2n) is 7.36. The zero-order valence-electron chi connectivity index (χ0n) is 17.6. The zero-order chi connectivity index (χ0) is 23.5. The molecule has 34 heavy (non-hydrogen) atoms. The number of hydrogen-bond acceptors (Lipinski definition) is 5. The Kier molecular flexibility index (Phi) is 5.84. The van der Waals surface area contributed by atoms with Crippen molar-refractivity contribution in [2.75, 3.05) is 5.32 Å². The first-order valence-electron chi connectivity index (χ1n) is 10.3. The van der Waals surface area contributed by atoms with Crippen molar-refractivity contribution in [1.82, 2.24) is 15.0 Å². The molecule has 0 aliphatic rings. The molecule has 0 aliphatic carbocycles. The molecule has 0 atom stereocenters. The van der Waals surface area contributed by atoms with Crippen molar-refractivity contribution in [1.29, 1.82) is 0 Å². The van der Waals surface area contributed by atoms with Crippen LogP contribution in [0.1, 0.15) is 10.4 Å². The largest absolute Gasteiger partial charge is 0.457 e. The Balaban J connectivity index is 1.35. The normalized spacial score (nSPS) is 10.8. The summed E-state index contributed by atoms with van der Waals surface area (Å²) >= 11 is 5.69. The van der Waals surface area contributed by atoms with Crippen LogP contribution in [0, 0.1) is 5.82 Å². The first-order valence-corrected chi connectivity index (χ1v) is 10.6. The number of nitrogens with one attached hydrogen (secondary N) is 1. The van der Waals surface area contributed by atoms with E-state index in [1.165, 1.54) is 12.1 Å². The van der Waals surface area contributed by atoms with Gasteiger partial charge in [-0.05, 0) is 54.6 Å². The first-order chi connectivity index (χ1) is 16.5. The third kappa shape index (κ3) is 4.69. The van der Waals surface area contributed by atoms with Crippen molar-refractivity contribution in [2.24, 2.45) is 0 Å². The number of rotatable bonds is 5. The Morgan fingerprint density at radius 3 is 2.62 bits per heavy atom. The molecule has 0 saturated carbocycles. The molecule has 0 spiro atoms. The minimum absolute atomic E-state index is 0.0421. The number of halogens is 2. The molecule has 1 N–H and O–H groups in total. The van der Waals surface area contributed by atoms with Crippen LogP contribution in [-0.2, 0) is 0 Å². The predicted molar refractivity (Wildman–Crippen MR) is 129 cm³/mol. The highest BCUT2D eigenvalue weighted by atomic mass is 35.5. The molecular formula is C26H16ClFN4O2. The lowest BCUT2D eigenvalue weighted by molar-refractivity contribution is 0.102. The summed E-state index contributed by atoms with van der Waals surface area (Å²) in [6.07, 6.45) is 5.14. The molecule has 5 aromatic rings. The topological polar surface area (TPSA) is 77.0 Å². The summed E-state index contributed by atoms with van der Waals surface area (Å²) in [5, 5.41) is 2.69. The number of benzene rings is 3. The Labute approximate surface area is 199 Å². The van der Waals surface area contributed by atoms with Gasteiger partial charge in [0.05, 0.1) is 27.9 Å². The highest BCUT2D eigenvalue weighted by Gasteiger charge is 2.10. The number of carbonyl (C=O) groups is 1. The maximum absolute atomic E-state index is 13.7. The summed E-state index contributed by atoms with van der Waals surface area (Å²) in [6, 6.07) is 20.0. The van der Waals surface area contributed by atoms with Gasteiger partial charge in [-0.1, -0.05) is 17.7 Å². The molecule has 5 rings (SSSR count). The molecule has 2 aromatic heterocycles. The van der Waals surface area contributed by atoms with E-state index >= 15 is 0 Å². The van der Waals surface area contributed by atoms with E-state index in [9.17, 15) is 9.18 Å². The number of anilines is 1. The molecule has 0 aliphatic heterocycles. The minimum atomic E-state index is -0.655. The number of pyridine rings is 1. The van der Waals surface area contributed by atoms with Crippen molar-refractivity contribution in [3.8, 4) is 22.8 Å². The van der Waals surface area contributed by atoms with Crippen LogP contribution in [0.15, 0.2) is 91.4 Å². The van der Waals surface area contributed by atoms with E-state index in [4.69, 9.17) is 16.3 Å². The number of fused-ring (bicyclic) bond motifs is 1. The van der Waals surface area contributed by atoms with Crippen LogP contribution in [0.5, 0.6) is 11.5 Å². The van der Waals surface area contributed by atoms with Gasteiger partial charge in [-0.3, -0.25) is 14.8 Å². The molecule has 2 heterocycles. The second-order valence-corrected chi connectivity index (χ2v) is 7.77. The number of ether oxygens (including phenoxy) is 1. The Morgan fingerprint density at radius 2 is 1.79 bits per heavy atom. The molecule has 0 unspecified atom stereocenters. The predicted octanol–water partition coefficient (Wildman–Crippen LogP) is 6.53. The summed E-state index contributed by atoms with van der Waals surface area (Å²) < 4.78 is 19.7. The van der Waals surface area contributed by atoms with Crippen LogP contribution >= 0.6 is 11.6 Å². The summed E-state index contributed by atoms with van der Waals surface area (Å²) in [5.41, 5.74) is 3.64. The van der Waals surface area contributed by atoms with Crippen LogP contribution in [0.3, 0.4) is 0 Å². The molecular weight excluding hydrogens is 455 g/mol.